The topological polar surface area (TPSA) is 110 Å². The number of nitro benzene ring substituents is 1. The smallest absolute Gasteiger partial charge is 0.330 e. The van der Waals surface area contributed by atoms with Gasteiger partial charge in [0.05, 0.1) is 4.92 Å². The molecule has 4 aromatic rings. The van der Waals surface area contributed by atoms with Gasteiger partial charge in [-0.15, -0.1) is 0 Å². The fourth-order valence-electron chi connectivity index (χ4n) is 4.09. The van der Waals surface area contributed by atoms with Crippen molar-refractivity contribution < 1.29 is 19.6 Å². The summed E-state index contributed by atoms with van der Waals surface area (Å²) in [5, 5.41) is 25.8. The lowest BCUT2D eigenvalue weighted by molar-refractivity contribution is -0.384. The third kappa shape index (κ3) is 4.78. The summed E-state index contributed by atoms with van der Waals surface area (Å²) in [6.45, 7) is 0. The number of hydrogen-bond acceptors (Lipinski definition) is 4. The van der Waals surface area contributed by atoms with E-state index in [9.17, 15) is 24.8 Å². The molecule has 1 atom stereocenters. The summed E-state index contributed by atoms with van der Waals surface area (Å²) in [6, 6.07) is 27.5. The highest BCUT2D eigenvalue weighted by Crippen LogP contribution is 2.25. The fraction of sp³-hybridized carbons (Fsp3) is 0.111. The van der Waals surface area contributed by atoms with Gasteiger partial charge in [-0.3, -0.25) is 14.9 Å². The molecular weight excluding hydrogens is 432 g/mol. The Balaban J connectivity index is 1.74. The van der Waals surface area contributed by atoms with Gasteiger partial charge in [0, 0.05) is 30.5 Å². The van der Waals surface area contributed by atoms with Crippen molar-refractivity contribution in [2.45, 2.75) is 18.4 Å². The van der Waals surface area contributed by atoms with Crippen molar-refractivity contribution in [3.63, 3.8) is 0 Å². The third-order valence-corrected chi connectivity index (χ3v) is 5.80. The molecule has 34 heavy (non-hydrogen) atoms. The van der Waals surface area contributed by atoms with Crippen LogP contribution in [0.25, 0.3) is 10.8 Å². The summed E-state index contributed by atoms with van der Waals surface area (Å²) in [4.78, 5) is 36.6. The van der Waals surface area contributed by atoms with Gasteiger partial charge in [0.1, 0.15) is 5.54 Å². The largest absolute Gasteiger partial charge is 0.479 e. The normalized spacial score (nSPS) is 12.6. The van der Waals surface area contributed by atoms with Crippen LogP contribution in [0.5, 0.6) is 0 Å². The van der Waals surface area contributed by atoms with Crippen molar-refractivity contribution in [3.8, 4) is 0 Å². The van der Waals surface area contributed by atoms with Gasteiger partial charge in [0.2, 0.25) is 0 Å². The first-order chi connectivity index (χ1) is 16.4. The molecule has 0 radical (unpaired) electrons. The number of nitrogens with zero attached hydrogens (tertiary/aromatic N) is 1. The van der Waals surface area contributed by atoms with Crippen LogP contribution in [0, 0.1) is 10.1 Å². The molecule has 4 rings (SSSR count). The second kappa shape index (κ2) is 9.54. The van der Waals surface area contributed by atoms with Crippen LogP contribution in [0.2, 0.25) is 0 Å². The molecule has 0 aliphatic carbocycles. The second-order valence-corrected chi connectivity index (χ2v) is 8.13. The minimum Gasteiger partial charge on any atom is -0.479 e. The molecule has 7 heteroatoms. The molecule has 0 aromatic heterocycles. The van der Waals surface area contributed by atoms with E-state index in [4.69, 9.17) is 0 Å². The average Bonchev–Trinajstić information content (AvgIpc) is 2.84. The summed E-state index contributed by atoms with van der Waals surface area (Å²) in [6.07, 6.45) is -0.0115. The van der Waals surface area contributed by atoms with Gasteiger partial charge in [-0.1, -0.05) is 78.9 Å². The lowest BCUT2D eigenvalue weighted by Crippen LogP contribution is -2.57. The minimum absolute atomic E-state index is 0.0384. The van der Waals surface area contributed by atoms with Gasteiger partial charge in [-0.2, -0.15) is 0 Å². The molecule has 0 saturated carbocycles. The lowest BCUT2D eigenvalue weighted by atomic mass is 9.84. The number of amides is 1. The number of carboxylic acids is 1. The molecule has 0 heterocycles. The molecule has 0 spiro atoms. The number of rotatable bonds is 8. The van der Waals surface area contributed by atoms with Crippen LogP contribution in [0.4, 0.5) is 5.69 Å². The van der Waals surface area contributed by atoms with Crippen LogP contribution in [0.15, 0.2) is 97.1 Å². The maximum Gasteiger partial charge on any atom is 0.330 e. The minimum atomic E-state index is -1.68. The van der Waals surface area contributed by atoms with Gasteiger partial charge in [-0.05, 0) is 28.0 Å². The number of hydrogen-bond donors (Lipinski definition) is 2. The Morgan fingerprint density at radius 1 is 0.794 bits per heavy atom. The lowest BCUT2D eigenvalue weighted by Gasteiger charge is -2.31. The molecule has 7 nitrogen and oxygen atoms in total. The number of carbonyl (C=O) groups is 2. The first-order valence-electron chi connectivity index (χ1n) is 10.7. The average molecular weight is 454 g/mol. The molecule has 0 fully saturated rings. The van der Waals surface area contributed by atoms with Crippen molar-refractivity contribution in [1.29, 1.82) is 0 Å². The first-order valence-corrected chi connectivity index (χ1v) is 10.7. The predicted molar refractivity (Wildman–Crippen MR) is 129 cm³/mol. The Morgan fingerprint density at radius 2 is 1.38 bits per heavy atom. The van der Waals surface area contributed by atoms with Crippen molar-refractivity contribution in [3.05, 3.63) is 124 Å². The molecule has 170 valence electrons. The number of nitro groups is 1. The Morgan fingerprint density at radius 3 is 2.03 bits per heavy atom. The molecule has 0 saturated heterocycles. The molecule has 0 bridgehead atoms. The number of nitrogens with one attached hydrogen (secondary N) is 1. The summed E-state index contributed by atoms with van der Waals surface area (Å²) >= 11 is 0. The SMILES string of the molecule is O=C(NC(Cc1ccccc1)(Cc1ccc([N+](=O)[O-])cc1)C(=O)O)c1cccc2ccccc12. The Kier molecular flexibility index (Phi) is 6.36. The summed E-state index contributed by atoms with van der Waals surface area (Å²) in [7, 11) is 0. The van der Waals surface area contributed by atoms with E-state index < -0.39 is 22.3 Å². The quantitative estimate of drug-likeness (QED) is 0.294. The van der Waals surface area contributed by atoms with Gasteiger partial charge in [-0.25, -0.2) is 4.79 Å². The number of non-ortho nitro benzene ring substituents is 1. The highest BCUT2D eigenvalue weighted by atomic mass is 16.6. The van der Waals surface area contributed by atoms with Crippen LogP contribution in [-0.2, 0) is 17.6 Å². The predicted octanol–water partition coefficient (Wildman–Crippen LogP) is 4.79. The van der Waals surface area contributed by atoms with Gasteiger partial charge in [0.25, 0.3) is 11.6 Å². The number of carboxylic acid groups (broad SMARTS) is 1. The fourth-order valence-corrected chi connectivity index (χ4v) is 4.09. The van der Waals surface area contributed by atoms with Gasteiger partial charge < -0.3 is 10.4 Å². The van der Waals surface area contributed by atoms with E-state index in [1.165, 1.54) is 24.3 Å². The zero-order valence-corrected chi connectivity index (χ0v) is 18.2. The molecule has 4 aromatic carbocycles. The first kappa shape index (κ1) is 22.7. The van der Waals surface area contributed by atoms with Crippen LogP contribution >= 0.6 is 0 Å². The highest BCUT2D eigenvalue weighted by molar-refractivity contribution is 6.08. The third-order valence-electron chi connectivity index (χ3n) is 5.80. The van der Waals surface area contributed by atoms with E-state index in [2.05, 4.69) is 5.32 Å². The van der Waals surface area contributed by atoms with E-state index in [0.717, 1.165) is 16.3 Å². The van der Waals surface area contributed by atoms with Crippen molar-refractivity contribution in [1.82, 2.24) is 5.32 Å². The van der Waals surface area contributed by atoms with Crippen LogP contribution in [-0.4, -0.2) is 27.4 Å². The zero-order chi connectivity index (χ0) is 24.1. The van der Waals surface area contributed by atoms with Gasteiger partial charge in [0.15, 0.2) is 0 Å². The number of aliphatic carboxylic acids is 1. The standard InChI is InChI=1S/C27H22N2O5/c30-25(24-12-6-10-21-9-4-5-11-23(21)24)28-27(26(31)32,17-19-7-2-1-3-8-19)18-20-13-15-22(16-14-20)29(33)34/h1-16H,17-18H2,(H,28,30)(H,31,32). The van der Waals surface area contributed by atoms with E-state index >= 15 is 0 Å². The number of carbonyl (C=O) groups excluding carboxylic acids is 1. The van der Waals surface area contributed by atoms with Crippen LogP contribution in [0.1, 0.15) is 21.5 Å². The second-order valence-electron chi connectivity index (χ2n) is 8.13. The molecule has 0 aliphatic rings. The molecule has 0 aliphatic heterocycles. The Labute approximate surface area is 195 Å². The maximum atomic E-state index is 13.4. The summed E-state index contributed by atoms with van der Waals surface area (Å²) in [5.74, 6) is -1.69. The molecular formula is C27H22N2O5. The molecule has 1 unspecified atom stereocenters. The zero-order valence-electron chi connectivity index (χ0n) is 18.2. The van der Waals surface area contributed by atoms with Crippen molar-refractivity contribution in [2.24, 2.45) is 0 Å². The van der Waals surface area contributed by atoms with E-state index in [-0.39, 0.29) is 18.5 Å². The van der Waals surface area contributed by atoms with Gasteiger partial charge >= 0.3 is 5.97 Å². The Bertz CT molecular complexity index is 1350. The number of fused-ring (bicyclic) bond motifs is 1. The number of benzene rings is 4. The van der Waals surface area contributed by atoms with Crippen molar-refractivity contribution in [2.75, 3.05) is 0 Å². The summed E-state index contributed by atoms with van der Waals surface area (Å²) in [5.41, 5.74) is -0.0916. The summed E-state index contributed by atoms with van der Waals surface area (Å²) < 4.78 is 0. The van der Waals surface area contributed by atoms with E-state index in [1.54, 1.807) is 36.4 Å². The van der Waals surface area contributed by atoms with E-state index in [0.29, 0.717) is 11.1 Å². The monoisotopic (exact) mass is 454 g/mol. The molecule has 1 amide bonds. The van der Waals surface area contributed by atoms with Crippen molar-refractivity contribution >= 4 is 28.3 Å². The maximum absolute atomic E-state index is 13.4. The van der Waals surface area contributed by atoms with Crippen LogP contribution < -0.4 is 5.32 Å². The van der Waals surface area contributed by atoms with E-state index in [1.807, 2.05) is 36.4 Å². The molecule has 2 N–H and O–H groups in total. The Hall–Kier alpha value is -4.52. The van der Waals surface area contributed by atoms with Crippen LogP contribution in [0.3, 0.4) is 0 Å². The highest BCUT2D eigenvalue weighted by Gasteiger charge is 2.41.